The van der Waals surface area contributed by atoms with Gasteiger partial charge in [-0.15, -0.1) is 11.8 Å². The lowest BCUT2D eigenvalue weighted by Crippen LogP contribution is -2.42. The monoisotopic (exact) mass is 518 g/mol. The van der Waals surface area contributed by atoms with Crippen LogP contribution < -0.4 is 0 Å². The number of hydrogen-bond donors (Lipinski definition) is 0. The number of piperidine rings is 2. The van der Waals surface area contributed by atoms with Crippen LogP contribution in [0.4, 0.5) is 9.59 Å². The van der Waals surface area contributed by atoms with Crippen LogP contribution >= 0.6 is 11.8 Å². The highest BCUT2D eigenvalue weighted by atomic mass is 32.2. The third kappa shape index (κ3) is 11.3. The third-order valence-corrected chi connectivity index (χ3v) is 7.33. The molecule has 2 heterocycles. The van der Waals surface area contributed by atoms with Crippen molar-refractivity contribution in [2.24, 2.45) is 5.92 Å². The van der Waals surface area contributed by atoms with E-state index >= 15 is 0 Å². The van der Waals surface area contributed by atoms with Crippen LogP contribution in [-0.4, -0.2) is 64.6 Å². The first-order valence-corrected chi connectivity index (χ1v) is 13.9. The molecule has 36 heavy (non-hydrogen) atoms. The maximum atomic E-state index is 12.0. The van der Waals surface area contributed by atoms with Crippen LogP contribution in [0.25, 0.3) is 0 Å². The molecule has 2 saturated heterocycles. The van der Waals surface area contributed by atoms with Gasteiger partial charge in [-0.25, -0.2) is 9.59 Å². The predicted octanol–water partition coefficient (Wildman–Crippen LogP) is 7.39. The quantitative estimate of drug-likeness (QED) is 0.391. The number of hydrogen-bond acceptors (Lipinski definition) is 5. The Hall–Kier alpha value is -2.15. The van der Waals surface area contributed by atoms with Gasteiger partial charge in [0.05, 0.1) is 0 Å². The SMILES string of the molecule is C=C(C)C1CCN(C(=O)OC(C)(C)C)CC1.CC(C)(C)OC(=O)N1CCC(Sc2ccccc2)CC1. The summed E-state index contributed by atoms with van der Waals surface area (Å²) in [6.45, 7) is 20.6. The first-order valence-electron chi connectivity index (χ1n) is 13.1. The van der Waals surface area contributed by atoms with Crippen molar-refractivity contribution in [3.05, 3.63) is 42.5 Å². The minimum atomic E-state index is -0.410. The largest absolute Gasteiger partial charge is 0.444 e. The summed E-state index contributed by atoms with van der Waals surface area (Å²) in [5.74, 6) is 0.568. The molecule has 0 aromatic heterocycles. The van der Waals surface area contributed by atoms with Crippen molar-refractivity contribution in [3.8, 4) is 0 Å². The summed E-state index contributed by atoms with van der Waals surface area (Å²) in [7, 11) is 0. The fourth-order valence-corrected chi connectivity index (χ4v) is 5.20. The lowest BCUT2D eigenvalue weighted by atomic mass is 9.91. The molecule has 2 amide bonds. The van der Waals surface area contributed by atoms with Gasteiger partial charge in [-0.3, -0.25) is 0 Å². The van der Waals surface area contributed by atoms with Crippen LogP contribution in [0.1, 0.15) is 74.1 Å². The molecule has 0 bridgehead atoms. The Morgan fingerprint density at radius 2 is 1.22 bits per heavy atom. The van der Waals surface area contributed by atoms with Crippen molar-refractivity contribution in [3.63, 3.8) is 0 Å². The van der Waals surface area contributed by atoms with E-state index < -0.39 is 11.2 Å². The van der Waals surface area contributed by atoms with Gasteiger partial charge in [-0.05, 0) is 92.2 Å². The van der Waals surface area contributed by atoms with Crippen molar-refractivity contribution in [2.45, 2.75) is 95.5 Å². The molecular weight excluding hydrogens is 472 g/mol. The third-order valence-electron chi connectivity index (χ3n) is 5.98. The molecule has 0 N–H and O–H groups in total. The fraction of sp³-hybridized carbons (Fsp3) is 0.655. The zero-order valence-corrected chi connectivity index (χ0v) is 24.2. The van der Waals surface area contributed by atoms with E-state index in [9.17, 15) is 9.59 Å². The zero-order chi connectivity index (χ0) is 26.9. The minimum absolute atomic E-state index is 0.180. The summed E-state index contributed by atoms with van der Waals surface area (Å²) >= 11 is 1.91. The number of thioether (sulfide) groups is 1. The van der Waals surface area contributed by atoms with Crippen LogP contribution in [0.5, 0.6) is 0 Å². The normalized spacial score (nSPS) is 17.6. The molecule has 202 valence electrons. The van der Waals surface area contributed by atoms with Crippen molar-refractivity contribution in [1.29, 1.82) is 0 Å². The molecule has 7 heteroatoms. The number of carbonyl (C=O) groups excluding carboxylic acids is 2. The number of ether oxygens (including phenoxy) is 2. The molecule has 0 saturated carbocycles. The number of rotatable bonds is 3. The van der Waals surface area contributed by atoms with E-state index in [1.807, 2.05) is 64.3 Å². The topological polar surface area (TPSA) is 59.1 Å². The van der Waals surface area contributed by atoms with E-state index in [0.717, 1.165) is 51.9 Å². The van der Waals surface area contributed by atoms with Crippen LogP contribution in [0.3, 0.4) is 0 Å². The standard InChI is InChI=1S/C16H23NO2S.C13H23NO2/c1-16(2,3)19-15(18)17-11-9-14(10-12-17)20-13-7-5-4-6-8-13;1-10(2)11-6-8-14(9-7-11)12(15)16-13(3,4)5/h4-8,14H,9-12H2,1-3H3;11H,1,6-9H2,2-5H3. The molecule has 0 radical (unpaired) electrons. The van der Waals surface area contributed by atoms with Crippen molar-refractivity contribution in [1.82, 2.24) is 9.80 Å². The Morgan fingerprint density at radius 3 is 1.61 bits per heavy atom. The first-order chi connectivity index (χ1) is 16.7. The zero-order valence-electron chi connectivity index (χ0n) is 23.3. The molecule has 2 fully saturated rings. The summed E-state index contributed by atoms with van der Waals surface area (Å²) in [6.07, 6.45) is 3.70. The van der Waals surface area contributed by atoms with Gasteiger partial charge in [0, 0.05) is 36.3 Å². The molecule has 1 aromatic carbocycles. The Labute approximate surface area is 222 Å². The van der Waals surface area contributed by atoms with Crippen LogP contribution in [0, 0.1) is 5.92 Å². The van der Waals surface area contributed by atoms with Gasteiger partial charge in [0.25, 0.3) is 0 Å². The number of allylic oxidation sites excluding steroid dienone is 1. The summed E-state index contributed by atoms with van der Waals surface area (Å²) in [6, 6.07) is 10.5. The van der Waals surface area contributed by atoms with E-state index in [1.54, 1.807) is 4.90 Å². The van der Waals surface area contributed by atoms with E-state index in [4.69, 9.17) is 9.47 Å². The Kier molecular flexibility index (Phi) is 11.2. The lowest BCUT2D eigenvalue weighted by Gasteiger charge is -2.33. The number of benzene rings is 1. The number of likely N-dealkylation sites (tertiary alicyclic amines) is 2. The Morgan fingerprint density at radius 1 is 0.806 bits per heavy atom. The molecule has 0 atom stereocenters. The highest BCUT2D eigenvalue weighted by Gasteiger charge is 2.28. The second kappa shape index (κ2) is 13.4. The second-order valence-corrected chi connectivity index (χ2v) is 13.1. The van der Waals surface area contributed by atoms with Gasteiger partial charge >= 0.3 is 12.2 Å². The molecule has 0 spiro atoms. The van der Waals surface area contributed by atoms with Gasteiger partial charge in [-0.2, -0.15) is 0 Å². The summed E-state index contributed by atoms with van der Waals surface area (Å²) in [5, 5.41) is 0.594. The van der Waals surface area contributed by atoms with Crippen LogP contribution in [0.15, 0.2) is 47.4 Å². The van der Waals surface area contributed by atoms with Crippen molar-refractivity contribution in [2.75, 3.05) is 26.2 Å². The van der Waals surface area contributed by atoms with Gasteiger partial charge in [0.1, 0.15) is 11.2 Å². The van der Waals surface area contributed by atoms with Gasteiger partial charge in [0.2, 0.25) is 0 Å². The molecule has 0 aliphatic carbocycles. The molecule has 6 nitrogen and oxygen atoms in total. The number of carbonyl (C=O) groups is 2. The first kappa shape index (κ1) is 30.1. The van der Waals surface area contributed by atoms with Crippen molar-refractivity contribution < 1.29 is 19.1 Å². The second-order valence-electron chi connectivity index (χ2n) is 11.7. The summed E-state index contributed by atoms with van der Waals surface area (Å²) in [4.78, 5) is 28.7. The van der Waals surface area contributed by atoms with Crippen LogP contribution in [-0.2, 0) is 9.47 Å². The van der Waals surface area contributed by atoms with Crippen LogP contribution in [0.2, 0.25) is 0 Å². The van der Waals surface area contributed by atoms with Crippen molar-refractivity contribution >= 4 is 23.9 Å². The number of nitrogens with zero attached hydrogens (tertiary/aromatic N) is 2. The maximum Gasteiger partial charge on any atom is 0.410 e. The summed E-state index contributed by atoms with van der Waals surface area (Å²) in [5.41, 5.74) is 0.415. The molecule has 0 unspecified atom stereocenters. The molecule has 2 aliphatic rings. The number of amides is 2. The molecule has 2 aliphatic heterocycles. The van der Waals surface area contributed by atoms with E-state index in [-0.39, 0.29) is 12.2 Å². The maximum absolute atomic E-state index is 12.0. The van der Waals surface area contributed by atoms with E-state index in [0.29, 0.717) is 11.2 Å². The molecular formula is C29H46N2O4S. The predicted molar refractivity (Wildman–Crippen MR) is 148 cm³/mol. The molecule has 1 aromatic rings. The van der Waals surface area contributed by atoms with Gasteiger partial charge in [-0.1, -0.05) is 30.4 Å². The fourth-order valence-electron chi connectivity index (χ4n) is 4.06. The highest BCUT2D eigenvalue weighted by molar-refractivity contribution is 8.00. The van der Waals surface area contributed by atoms with E-state index in [2.05, 4.69) is 37.8 Å². The summed E-state index contributed by atoms with van der Waals surface area (Å²) < 4.78 is 10.7. The Balaban J connectivity index is 0.000000261. The van der Waals surface area contributed by atoms with Gasteiger partial charge in [0.15, 0.2) is 0 Å². The lowest BCUT2D eigenvalue weighted by molar-refractivity contribution is 0.0190. The average molecular weight is 519 g/mol. The van der Waals surface area contributed by atoms with E-state index in [1.165, 1.54) is 10.5 Å². The molecule has 3 rings (SSSR count). The van der Waals surface area contributed by atoms with Gasteiger partial charge < -0.3 is 19.3 Å². The Bertz CT molecular complexity index is 844. The average Bonchev–Trinajstić information content (AvgIpc) is 2.78. The highest BCUT2D eigenvalue weighted by Crippen LogP contribution is 2.30. The smallest absolute Gasteiger partial charge is 0.410 e. The minimum Gasteiger partial charge on any atom is -0.444 e.